The van der Waals surface area contributed by atoms with Crippen LogP contribution in [-0.4, -0.2) is 96.7 Å². The van der Waals surface area contributed by atoms with Crippen molar-refractivity contribution in [2.24, 2.45) is 11.8 Å². The van der Waals surface area contributed by atoms with Gasteiger partial charge >= 0.3 is 39.5 Å². The molecule has 17 nitrogen and oxygen atoms in total. The molecule has 0 spiro atoms. The number of rotatable bonds is 66. The van der Waals surface area contributed by atoms with Crippen molar-refractivity contribution in [2.75, 3.05) is 39.6 Å². The van der Waals surface area contributed by atoms with Crippen molar-refractivity contribution >= 4 is 39.5 Å². The molecule has 0 amide bonds. The van der Waals surface area contributed by atoms with Crippen molar-refractivity contribution in [2.45, 2.75) is 355 Å². The lowest BCUT2D eigenvalue weighted by atomic mass is 9.99. The molecule has 0 rings (SSSR count). The summed E-state index contributed by atoms with van der Waals surface area (Å²) < 4.78 is 68.0. The number of carbonyl (C=O) groups is 4. The monoisotopic (exact) mass is 1270 g/mol. The first-order chi connectivity index (χ1) is 41.4. The average molecular weight is 1270 g/mol. The number of hydrogen-bond acceptors (Lipinski definition) is 15. The van der Waals surface area contributed by atoms with E-state index in [2.05, 4.69) is 41.5 Å². The van der Waals surface area contributed by atoms with E-state index in [-0.39, 0.29) is 25.7 Å². The maximum Gasteiger partial charge on any atom is 0.472 e. The maximum atomic E-state index is 13.0. The van der Waals surface area contributed by atoms with Crippen LogP contribution in [0.3, 0.4) is 0 Å². The van der Waals surface area contributed by atoms with Gasteiger partial charge < -0.3 is 33.8 Å². The number of phosphoric acid groups is 2. The van der Waals surface area contributed by atoms with Crippen molar-refractivity contribution < 1.29 is 80.2 Å². The van der Waals surface area contributed by atoms with Gasteiger partial charge in [-0.15, -0.1) is 0 Å². The summed E-state index contributed by atoms with van der Waals surface area (Å²) in [4.78, 5) is 72.2. The van der Waals surface area contributed by atoms with E-state index in [4.69, 9.17) is 37.0 Å². The van der Waals surface area contributed by atoms with Crippen molar-refractivity contribution in [1.82, 2.24) is 0 Å². The highest BCUT2D eigenvalue weighted by Gasteiger charge is 2.30. The Morgan fingerprint density at radius 1 is 0.337 bits per heavy atom. The van der Waals surface area contributed by atoms with Crippen LogP contribution in [0.1, 0.15) is 337 Å². The number of hydrogen-bond donors (Lipinski definition) is 3. The van der Waals surface area contributed by atoms with Crippen LogP contribution >= 0.6 is 15.6 Å². The molecular weight excluding hydrogens is 1140 g/mol. The zero-order valence-electron chi connectivity index (χ0n) is 55.6. The highest BCUT2D eigenvalue weighted by atomic mass is 31.2. The zero-order chi connectivity index (χ0) is 63.6. The van der Waals surface area contributed by atoms with Crippen LogP contribution in [0.4, 0.5) is 0 Å². The Morgan fingerprint density at radius 3 is 0.884 bits per heavy atom. The van der Waals surface area contributed by atoms with Gasteiger partial charge in [-0.2, -0.15) is 0 Å². The molecule has 0 radical (unpaired) electrons. The van der Waals surface area contributed by atoms with Gasteiger partial charge in [0.2, 0.25) is 0 Å². The van der Waals surface area contributed by atoms with Crippen LogP contribution in [0, 0.1) is 11.8 Å². The number of phosphoric ester groups is 2. The first-order valence-corrected chi connectivity index (χ1v) is 38.0. The molecule has 0 saturated heterocycles. The van der Waals surface area contributed by atoms with E-state index in [0.717, 1.165) is 115 Å². The summed E-state index contributed by atoms with van der Waals surface area (Å²) in [5.74, 6) is -0.538. The van der Waals surface area contributed by atoms with Crippen molar-refractivity contribution in [3.05, 3.63) is 0 Å². The van der Waals surface area contributed by atoms with Crippen molar-refractivity contribution in [1.29, 1.82) is 0 Å². The van der Waals surface area contributed by atoms with Crippen LogP contribution in [0.2, 0.25) is 0 Å². The molecule has 0 aliphatic carbocycles. The Hall–Kier alpha value is -1.94. The van der Waals surface area contributed by atoms with Gasteiger partial charge in [0.15, 0.2) is 12.2 Å². The van der Waals surface area contributed by atoms with Gasteiger partial charge in [0.05, 0.1) is 26.4 Å². The maximum absolute atomic E-state index is 13.0. The third-order valence-electron chi connectivity index (χ3n) is 15.8. The Bertz CT molecular complexity index is 1690. The van der Waals surface area contributed by atoms with Crippen molar-refractivity contribution in [3.63, 3.8) is 0 Å². The topological polar surface area (TPSA) is 237 Å². The standard InChI is InChI=1S/C67H130O17P2/c1-7-10-12-14-16-24-33-39-45-51-66(71)83-62(55-77-64(69)49-43-37-29-15-13-11-8-2)57-81-85(73,74)79-53-61(68)54-80-86(75,76)82-58-63(56-78-65(70)50-44-38-32-27-23-22-26-31-36-42-48-60(6)9-3)84-67(72)52-46-40-34-28-21-19-17-18-20-25-30-35-41-47-59(4)5/h59-63,68H,7-58H2,1-6H3,(H,73,74)(H,75,76)/t60?,61-,62+,63+/m0/s1. The lowest BCUT2D eigenvalue weighted by Crippen LogP contribution is -2.30. The summed E-state index contributed by atoms with van der Waals surface area (Å²) in [6, 6.07) is 0. The SMILES string of the molecule is CCCCCCCCCCCC(=O)O[C@H](COC(=O)CCCCCCCCC)COP(=O)(O)OC[C@H](O)COP(=O)(O)OC[C@@H](COC(=O)CCCCCCCCCCCCC(C)CC)OC(=O)CCCCCCCCCCCCCCCC(C)C. The van der Waals surface area contributed by atoms with E-state index in [1.165, 1.54) is 141 Å². The molecule has 0 aliphatic heterocycles. The van der Waals surface area contributed by atoms with E-state index in [0.29, 0.717) is 25.7 Å². The van der Waals surface area contributed by atoms with E-state index in [1.54, 1.807) is 0 Å². The smallest absolute Gasteiger partial charge is 0.462 e. The molecule has 0 bridgehead atoms. The second kappa shape index (κ2) is 59.4. The average Bonchev–Trinajstić information content (AvgIpc) is 3.68. The molecule has 0 heterocycles. The summed E-state index contributed by atoms with van der Waals surface area (Å²) in [7, 11) is -9.89. The highest BCUT2D eigenvalue weighted by Crippen LogP contribution is 2.45. The van der Waals surface area contributed by atoms with Crippen LogP contribution in [0.5, 0.6) is 0 Å². The lowest BCUT2D eigenvalue weighted by molar-refractivity contribution is -0.161. The number of esters is 4. The van der Waals surface area contributed by atoms with Crippen LogP contribution in [0.25, 0.3) is 0 Å². The Labute approximate surface area is 524 Å². The number of carbonyl (C=O) groups excluding carboxylic acids is 4. The fourth-order valence-electron chi connectivity index (χ4n) is 10.0. The molecule has 0 fully saturated rings. The molecule has 6 atom stereocenters. The fourth-order valence-corrected chi connectivity index (χ4v) is 11.6. The quantitative estimate of drug-likeness (QED) is 0.0222. The van der Waals surface area contributed by atoms with Crippen molar-refractivity contribution in [3.8, 4) is 0 Å². The van der Waals surface area contributed by atoms with Crippen LogP contribution in [0.15, 0.2) is 0 Å². The molecular formula is C67H130O17P2. The first-order valence-electron chi connectivity index (χ1n) is 35.0. The van der Waals surface area contributed by atoms with Crippen LogP contribution < -0.4 is 0 Å². The number of aliphatic hydroxyl groups excluding tert-OH is 1. The molecule has 0 aromatic carbocycles. The van der Waals surface area contributed by atoms with E-state index in [9.17, 15) is 43.2 Å². The summed E-state index contributed by atoms with van der Waals surface area (Å²) in [5.41, 5.74) is 0. The summed E-state index contributed by atoms with van der Waals surface area (Å²) in [6.45, 7) is 9.51. The Balaban J connectivity index is 5.20. The van der Waals surface area contributed by atoms with Gasteiger partial charge in [-0.05, 0) is 37.5 Å². The third kappa shape index (κ3) is 59.7. The van der Waals surface area contributed by atoms with E-state index < -0.39 is 97.5 Å². The predicted octanol–water partition coefficient (Wildman–Crippen LogP) is 18.8. The molecule has 0 saturated carbocycles. The van der Waals surface area contributed by atoms with Gasteiger partial charge in [0, 0.05) is 25.7 Å². The molecule has 0 aromatic heterocycles. The minimum atomic E-state index is -4.95. The number of aliphatic hydroxyl groups is 1. The van der Waals surface area contributed by atoms with Gasteiger partial charge in [0.1, 0.15) is 19.3 Å². The molecule has 0 aromatic rings. The molecule has 19 heteroatoms. The highest BCUT2D eigenvalue weighted by molar-refractivity contribution is 7.47. The predicted molar refractivity (Wildman–Crippen MR) is 345 cm³/mol. The van der Waals surface area contributed by atoms with Gasteiger partial charge in [-0.3, -0.25) is 37.3 Å². The minimum absolute atomic E-state index is 0.105. The summed E-state index contributed by atoms with van der Waals surface area (Å²) in [5, 5.41) is 10.5. The fraction of sp³-hybridized carbons (Fsp3) is 0.940. The molecule has 86 heavy (non-hydrogen) atoms. The number of ether oxygens (including phenoxy) is 4. The van der Waals surface area contributed by atoms with E-state index in [1.807, 2.05) is 0 Å². The molecule has 3 N–H and O–H groups in total. The molecule has 510 valence electrons. The van der Waals surface area contributed by atoms with Gasteiger partial charge in [0.25, 0.3) is 0 Å². The summed E-state index contributed by atoms with van der Waals surface area (Å²) >= 11 is 0. The normalized spacial score (nSPS) is 14.5. The van der Waals surface area contributed by atoms with Gasteiger partial charge in [-0.25, -0.2) is 9.13 Å². The Kier molecular flexibility index (Phi) is 58.0. The zero-order valence-corrected chi connectivity index (χ0v) is 57.4. The largest absolute Gasteiger partial charge is 0.472 e. The summed E-state index contributed by atoms with van der Waals surface area (Å²) in [6.07, 6.45) is 43.1. The molecule has 0 aliphatic rings. The Morgan fingerprint density at radius 2 is 0.593 bits per heavy atom. The van der Waals surface area contributed by atoms with Crippen LogP contribution in [-0.2, 0) is 65.4 Å². The lowest BCUT2D eigenvalue weighted by Gasteiger charge is -2.21. The van der Waals surface area contributed by atoms with E-state index >= 15 is 0 Å². The second-order valence-corrected chi connectivity index (χ2v) is 27.8. The van der Waals surface area contributed by atoms with Gasteiger partial charge in [-0.1, -0.05) is 286 Å². The minimum Gasteiger partial charge on any atom is -0.462 e. The molecule has 3 unspecified atom stereocenters. The number of unbranched alkanes of at least 4 members (excludes halogenated alkanes) is 35. The second-order valence-electron chi connectivity index (χ2n) is 24.9. The third-order valence-corrected chi connectivity index (χ3v) is 17.7. The first kappa shape index (κ1) is 84.1.